The summed E-state index contributed by atoms with van der Waals surface area (Å²) in [6.45, 7) is 2.37. The number of nitrogens with zero attached hydrogens (tertiary/aromatic N) is 2. The molecule has 2 aromatic heterocycles. The number of ether oxygens (including phenoxy) is 2. The zero-order valence-electron chi connectivity index (χ0n) is 18.2. The van der Waals surface area contributed by atoms with E-state index in [1.807, 2.05) is 24.3 Å². The molecule has 0 radical (unpaired) electrons. The van der Waals surface area contributed by atoms with E-state index < -0.39 is 0 Å². The molecule has 0 bridgehead atoms. The van der Waals surface area contributed by atoms with Gasteiger partial charge >= 0.3 is 0 Å². The van der Waals surface area contributed by atoms with Crippen LogP contribution in [-0.2, 0) is 11.3 Å². The van der Waals surface area contributed by atoms with Gasteiger partial charge in [0.15, 0.2) is 5.13 Å². The SMILES string of the molecule is COc1ccc(OC)c2sc(N(Cc3ccco3)C(=O)CCSc3ccc(C)cc3)nc12. The summed E-state index contributed by atoms with van der Waals surface area (Å²) < 4.78 is 17.3. The van der Waals surface area contributed by atoms with E-state index in [4.69, 9.17) is 18.9 Å². The highest BCUT2D eigenvalue weighted by Gasteiger charge is 2.23. The number of rotatable bonds is 9. The van der Waals surface area contributed by atoms with Crippen molar-refractivity contribution in [3.8, 4) is 11.5 Å². The Morgan fingerprint density at radius 1 is 1.09 bits per heavy atom. The molecule has 1 amide bonds. The lowest BCUT2D eigenvalue weighted by molar-refractivity contribution is -0.118. The third kappa shape index (κ3) is 4.92. The van der Waals surface area contributed by atoms with E-state index in [0.29, 0.717) is 46.6 Å². The number of furan rings is 1. The van der Waals surface area contributed by atoms with Gasteiger partial charge in [0.25, 0.3) is 0 Å². The third-order valence-electron chi connectivity index (χ3n) is 4.93. The molecule has 0 aliphatic carbocycles. The predicted molar refractivity (Wildman–Crippen MR) is 129 cm³/mol. The van der Waals surface area contributed by atoms with Crippen LogP contribution in [-0.4, -0.2) is 30.9 Å². The molecule has 0 spiro atoms. The van der Waals surface area contributed by atoms with Crippen LogP contribution in [0.1, 0.15) is 17.7 Å². The zero-order chi connectivity index (χ0) is 22.5. The number of anilines is 1. The Kier molecular flexibility index (Phi) is 7.02. The van der Waals surface area contributed by atoms with Gasteiger partial charge < -0.3 is 13.9 Å². The number of aromatic nitrogens is 1. The van der Waals surface area contributed by atoms with Crippen molar-refractivity contribution in [1.29, 1.82) is 0 Å². The van der Waals surface area contributed by atoms with Crippen LogP contribution in [0, 0.1) is 6.92 Å². The normalized spacial score (nSPS) is 11.0. The fourth-order valence-electron chi connectivity index (χ4n) is 3.24. The van der Waals surface area contributed by atoms with Gasteiger partial charge in [-0.3, -0.25) is 9.69 Å². The van der Waals surface area contributed by atoms with E-state index in [1.165, 1.54) is 16.9 Å². The number of hydrogen-bond acceptors (Lipinski definition) is 7. The van der Waals surface area contributed by atoms with Gasteiger partial charge in [-0.25, -0.2) is 4.98 Å². The second kappa shape index (κ2) is 10.1. The number of carbonyl (C=O) groups excluding carboxylic acids is 1. The lowest BCUT2D eigenvalue weighted by atomic mass is 10.2. The Morgan fingerprint density at radius 2 is 1.84 bits per heavy atom. The number of thioether (sulfide) groups is 1. The molecule has 0 N–H and O–H groups in total. The molecular weight excluding hydrogens is 444 g/mol. The Hall–Kier alpha value is -2.97. The minimum atomic E-state index is -0.0157. The van der Waals surface area contributed by atoms with Crippen LogP contribution >= 0.6 is 23.1 Å². The minimum Gasteiger partial charge on any atom is -0.495 e. The molecule has 4 aromatic rings. The van der Waals surface area contributed by atoms with Crippen molar-refractivity contribution in [2.24, 2.45) is 0 Å². The Bertz CT molecular complexity index is 1150. The maximum absolute atomic E-state index is 13.3. The molecule has 0 atom stereocenters. The van der Waals surface area contributed by atoms with E-state index >= 15 is 0 Å². The van der Waals surface area contributed by atoms with Crippen molar-refractivity contribution in [3.05, 3.63) is 66.1 Å². The quantitative estimate of drug-likeness (QED) is 0.284. The van der Waals surface area contributed by atoms with Gasteiger partial charge in [0.05, 0.1) is 27.0 Å². The summed E-state index contributed by atoms with van der Waals surface area (Å²) >= 11 is 3.08. The van der Waals surface area contributed by atoms with E-state index in [9.17, 15) is 4.79 Å². The average Bonchev–Trinajstić information content (AvgIpc) is 3.48. The number of carbonyl (C=O) groups is 1. The summed E-state index contributed by atoms with van der Waals surface area (Å²) in [6.07, 6.45) is 1.99. The standard InChI is InChI=1S/C24H24N2O4S2/c1-16-6-8-18(9-7-16)31-14-12-21(27)26(15-17-5-4-13-30-17)24-25-22-19(28-2)10-11-20(29-3)23(22)32-24/h4-11,13H,12,14-15H2,1-3H3. The second-order valence-electron chi connectivity index (χ2n) is 7.12. The van der Waals surface area contributed by atoms with Crippen LogP contribution in [0.2, 0.25) is 0 Å². The van der Waals surface area contributed by atoms with Gasteiger partial charge in [0, 0.05) is 17.1 Å². The molecule has 0 fully saturated rings. The lowest BCUT2D eigenvalue weighted by Crippen LogP contribution is -2.30. The Morgan fingerprint density at radius 3 is 2.53 bits per heavy atom. The molecule has 0 aliphatic heterocycles. The van der Waals surface area contributed by atoms with Crippen LogP contribution in [0.3, 0.4) is 0 Å². The molecule has 0 saturated carbocycles. The van der Waals surface area contributed by atoms with E-state index in [-0.39, 0.29) is 5.91 Å². The van der Waals surface area contributed by atoms with E-state index in [0.717, 1.165) is 9.60 Å². The number of thiazole rings is 1. The number of hydrogen-bond donors (Lipinski definition) is 0. The van der Waals surface area contributed by atoms with Gasteiger partial charge in [-0.2, -0.15) is 0 Å². The maximum Gasteiger partial charge on any atom is 0.230 e. The first-order valence-corrected chi connectivity index (χ1v) is 11.9. The first-order valence-electron chi connectivity index (χ1n) is 10.1. The van der Waals surface area contributed by atoms with E-state index in [1.54, 1.807) is 37.1 Å². The molecule has 8 heteroatoms. The molecule has 6 nitrogen and oxygen atoms in total. The van der Waals surface area contributed by atoms with Crippen LogP contribution in [0.5, 0.6) is 11.5 Å². The molecule has 0 aliphatic rings. The summed E-state index contributed by atoms with van der Waals surface area (Å²) in [5.74, 6) is 2.70. The number of aryl methyl sites for hydroxylation is 1. The predicted octanol–water partition coefficient (Wildman–Crippen LogP) is 5.93. The van der Waals surface area contributed by atoms with E-state index in [2.05, 4.69) is 31.2 Å². The number of benzene rings is 2. The largest absolute Gasteiger partial charge is 0.495 e. The first kappa shape index (κ1) is 22.2. The summed E-state index contributed by atoms with van der Waals surface area (Å²) in [6, 6.07) is 15.7. The number of fused-ring (bicyclic) bond motifs is 1. The van der Waals surface area contributed by atoms with Crippen molar-refractivity contribution in [2.75, 3.05) is 24.9 Å². The molecule has 2 aromatic carbocycles. The fraction of sp³-hybridized carbons (Fsp3) is 0.250. The van der Waals surface area contributed by atoms with Crippen molar-refractivity contribution < 1.29 is 18.7 Å². The highest BCUT2D eigenvalue weighted by Crippen LogP contribution is 2.40. The fourth-order valence-corrected chi connectivity index (χ4v) is 5.17. The second-order valence-corrected chi connectivity index (χ2v) is 9.26. The third-order valence-corrected chi connectivity index (χ3v) is 7.04. The van der Waals surface area contributed by atoms with Crippen LogP contribution < -0.4 is 14.4 Å². The molecule has 32 heavy (non-hydrogen) atoms. The molecule has 166 valence electrons. The average molecular weight is 469 g/mol. The van der Waals surface area contributed by atoms with Crippen LogP contribution in [0.25, 0.3) is 10.2 Å². The van der Waals surface area contributed by atoms with Crippen LogP contribution in [0.4, 0.5) is 5.13 Å². The smallest absolute Gasteiger partial charge is 0.230 e. The zero-order valence-corrected chi connectivity index (χ0v) is 19.8. The van der Waals surface area contributed by atoms with Crippen molar-refractivity contribution >= 4 is 44.4 Å². The monoisotopic (exact) mass is 468 g/mol. The number of methoxy groups -OCH3 is 2. The lowest BCUT2D eigenvalue weighted by Gasteiger charge is -2.18. The van der Waals surface area contributed by atoms with Crippen LogP contribution in [0.15, 0.2) is 64.1 Å². The topological polar surface area (TPSA) is 64.8 Å². The van der Waals surface area contributed by atoms with Crippen molar-refractivity contribution in [2.45, 2.75) is 24.8 Å². The summed E-state index contributed by atoms with van der Waals surface area (Å²) in [5, 5.41) is 0.588. The highest BCUT2D eigenvalue weighted by molar-refractivity contribution is 7.99. The molecule has 4 rings (SSSR count). The minimum absolute atomic E-state index is 0.0157. The van der Waals surface area contributed by atoms with Gasteiger partial charge in [0.1, 0.15) is 27.5 Å². The molecule has 0 saturated heterocycles. The first-order chi connectivity index (χ1) is 15.6. The summed E-state index contributed by atoms with van der Waals surface area (Å²) in [5.41, 5.74) is 1.90. The molecule has 0 unspecified atom stereocenters. The maximum atomic E-state index is 13.3. The molecular formula is C24H24N2O4S2. The van der Waals surface area contributed by atoms with Gasteiger partial charge in [0.2, 0.25) is 5.91 Å². The van der Waals surface area contributed by atoms with Crippen molar-refractivity contribution in [3.63, 3.8) is 0 Å². The van der Waals surface area contributed by atoms with Gasteiger partial charge in [-0.15, -0.1) is 11.8 Å². The molecule has 2 heterocycles. The Labute approximate surface area is 195 Å². The summed E-state index contributed by atoms with van der Waals surface area (Å²) in [4.78, 5) is 20.8. The Balaban J connectivity index is 1.58. The highest BCUT2D eigenvalue weighted by atomic mass is 32.2. The number of amides is 1. The summed E-state index contributed by atoms with van der Waals surface area (Å²) in [7, 11) is 3.23. The van der Waals surface area contributed by atoms with Gasteiger partial charge in [-0.1, -0.05) is 29.0 Å². The van der Waals surface area contributed by atoms with Gasteiger partial charge in [-0.05, 0) is 43.3 Å². The van der Waals surface area contributed by atoms with Crippen molar-refractivity contribution in [1.82, 2.24) is 4.98 Å².